The van der Waals surface area contributed by atoms with Crippen LogP contribution in [0.5, 0.6) is 11.5 Å². The molecule has 0 bridgehead atoms. The lowest BCUT2D eigenvalue weighted by molar-refractivity contribution is -0.286. The molecule has 0 amide bonds. The molecule has 0 atom stereocenters. The monoisotopic (exact) mass is 344 g/mol. The highest BCUT2D eigenvalue weighted by Gasteiger charge is 2.43. The molecule has 0 spiro atoms. The summed E-state index contributed by atoms with van der Waals surface area (Å²) in [4.78, 5) is 0. The predicted molar refractivity (Wildman–Crippen MR) is 82.1 cm³/mol. The van der Waals surface area contributed by atoms with Crippen LogP contribution in [-0.2, 0) is 0 Å². The average molecular weight is 344 g/mol. The molecule has 2 nitrogen and oxygen atoms in total. The summed E-state index contributed by atoms with van der Waals surface area (Å²) in [6.07, 6.45) is 1.48. The van der Waals surface area contributed by atoms with Crippen LogP contribution in [0.3, 0.4) is 0 Å². The first-order valence-corrected chi connectivity index (χ1v) is 8.35. The molecule has 132 valence electrons. The van der Waals surface area contributed by atoms with Gasteiger partial charge in [0, 0.05) is 11.5 Å². The molecule has 1 aliphatic heterocycles. The lowest BCUT2D eigenvalue weighted by Crippen LogP contribution is -2.25. The third kappa shape index (κ3) is 3.52. The fourth-order valence-corrected chi connectivity index (χ4v) is 3.52. The van der Waals surface area contributed by atoms with Gasteiger partial charge in [0.05, 0.1) is 0 Å². The zero-order chi connectivity index (χ0) is 17.3. The Kier molecular flexibility index (Phi) is 4.74. The Morgan fingerprint density at radius 3 is 2.42 bits per heavy atom. The van der Waals surface area contributed by atoms with E-state index in [1.807, 2.05) is 0 Å². The lowest BCUT2D eigenvalue weighted by atomic mass is 9.79. The van der Waals surface area contributed by atoms with Crippen LogP contribution in [0, 0.1) is 11.8 Å². The van der Waals surface area contributed by atoms with E-state index in [4.69, 9.17) is 0 Å². The van der Waals surface area contributed by atoms with E-state index in [1.54, 1.807) is 0 Å². The summed E-state index contributed by atoms with van der Waals surface area (Å²) in [6, 6.07) is 3.44. The Balaban J connectivity index is 1.74. The van der Waals surface area contributed by atoms with E-state index in [1.165, 1.54) is 6.07 Å². The lowest BCUT2D eigenvalue weighted by Gasteiger charge is -2.27. The van der Waals surface area contributed by atoms with E-state index in [-0.39, 0.29) is 17.1 Å². The number of hydrogen-bond donors (Lipinski definition) is 0. The summed E-state index contributed by atoms with van der Waals surface area (Å²) in [5, 5.41) is 0. The largest absolute Gasteiger partial charge is 0.586 e. The maximum absolute atomic E-state index is 14.5. The molecule has 6 heteroatoms. The second kappa shape index (κ2) is 6.65. The second-order valence-corrected chi connectivity index (χ2v) is 6.50. The van der Waals surface area contributed by atoms with E-state index < -0.39 is 23.9 Å². The van der Waals surface area contributed by atoms with Crippen molar-refractivity contribution in [3.05, 3.63) is 29.6 Å². The molecule has 1 aliphatic carbocycles. The third-order valence-electron chi connectivity index (χ3n) is 4.77. The fourth-order valence-electron chi connectivity index (χ4n) is 3.52. The molecular weight excluding hydrogens is 324 g/mol. The molecule has 0 saturated heterocycles. The second-order valence-electron chi connectivity index (χ2n) is 6.50. The Bertz CT molecular complexity index is 634. The number of rotatable bonds is 4. The zero-order valence-electron chi connectivity index (χ0n) is 13.5. The van der Waals surface area contributed by atoms with Crippen LogP contribution in [0.2, 0.25) is 0 Å². The molecule has 0 N–H and O–H groups in total. The van der Waals surface area contributed by atoms with Crippen LogP contribution >= 0.6 is 0 Å². The highest BCUT2D eigenvalue weighted by Crippen LogP contribution is 2.44. The zero-order valence-corrected chi connectivity index (χ0v) is 13.5. The van der Waals surface area contributed by atoms with Crippen LogP contribution < -0.4 is 9.47 Å². The molecule has 1 saturated carbocycles. The number of ether oxygens (including phenoxy) is 2. The van der Waals surface area contributed by atoms with E-state index in [0.717, 1.165) is 37.8 Å². The first-order chi connectivity index (χ1) is 11.4. The number of allylic oxidation sites excluding steroid dienone is 1. The highest BCUT2D eigenvalue weighted by atomic mass is 19.3. The molecule has 0 aromatic heterocycles. The molecule has 1 aromatic rings. The van der Waals surface area contributed by atoms with Crippen LogP contribution in [0.25, 0.3) is 5.83 Å². The van der Waals surface area contributed by atoms with Gasteiger partial charge in [-0.05, 0) is 49.8 Å². The van der Waals surface area contributed by atoms with Crippen molar-refractivity contribution in [3.63, 3.8) is 0 Å². The first-order valence-electron chi connectivity index (χ1n) is 8.35. The van der Waals surface area contributed by atoms with Crippen molar-refractivity contribution in [1.82, 2.24) is 0 Å². The Labute approximate surface area is 138 Å². The fraction of sp³-hybridized carbons (Fsp3) is 0.556. The van der Waals surface area contributed by atoms with E-state index in [2.05, 4.69) is 16.4 Å². The molecule has 3 rings (SSSR count). The Morgan fingerprint density at radius 1 is 1.08 bits per heavy atom. The van der Waals surface area contributed by atoms with E-state index in [9.17, 15) is 17.6 Å². The van der Waals surface area contributed by atoms with Gasteiger partial charge in [-0.1, -0.05) is 19.8 Å². The van der Waals surface area contributed by atoms with Gasteiger partial charge in [-0.2, -0.15) is 0 Å². The minimum Gasteiger partial charge on any atom is -0.395 e. The standard InChI is InChI=1S/C18H20F4O2/c1-2-3-11-4-6-12(7-5-11)16(19)17(20)13-8-9-14-15(10-13)24-18(21,22)23-14/h8-12H,2-7H2,1H3/b17-16+. The van der Waals surface area contributed by atoms with Crippen molar-refractivity contribution >= 4 is 5.83 Å². The normalized spacial score (nSPS) is 26.2. The molecule has 0 unspecified atom stereocenters. The minimum absolute atomic E-state index is 0.108. The first kappa shape index (κ1) is 17.1. The van der Waals surface area contributed by atoms with Gasteiger partial charge in [-0.25, -0.2) is 8.78 Å². The molecular formula is C18H20F4O2. The van der Waals surface area contributed by atoms with Crippen molar-refractivity contribution in [1.29, 1.82) is 0 Å². The maximum atomic E-state index is 14.5. The van der Waals surface area contributed by atoms with Gasteiger partial charge in [-0.15, -0.1) is 8.78 Å². The number of benzene rings is 1. The summed E-state index contributed by atoms with van der Waals surface area (Å²) in [5.41, 5.74) is -0.108. The number of halogens is 4. The van der Waals surface area contributed by atoms with Gasteiger partial charge < -0.3 is 9.47 Å². The maximum Gasteiger partial charge on any atom is 0.586 e. The summed E-state index contributed by atoms with van der Waals surface area (Å²) < 4.78 is 63.4. The predicted octanol–water partition coefficient (Wildman–Crippen LogP) is 6.22. The molecule has 1 heterocycles. The van der Waals surface area contributed by atoms with Gasteiger partial charge in [0.1, 0.15) is 5.83 Å². The van der Waals surface area contributed by atoms with Crippen LogP contribution in [0.4, 0.5) is 17.6 Å². The smallest absolute Gasteiger partial charge is 0.395 e. The molecule has 2 aliphatic rings. The molecule has 24 heavy (non-hydrogen) atoms. The van der Waals surface area contributed by atoms with Crippen molar-refractivity contribution in [2.24, 2.45) is 11.8 Å². The van der Waals surface area contributed by atoms with Crippen LogP contribution in [0.15, 0.2) is 24.0 Å². The number of fused-ring (bicyclic) bond motifs is 1. The number of hydrogen-bond acceptors (Lipinski definition) is 2. The van der Waals surface area contributed by atoms with Gasteiger partial charge in [0.2, 0.25) is 0 Å². The summed E-state index contributed by atoms with van der Waals surface area (Å²) in [5.74, 6) is -2.12. The SMILES string of the molecule is CCCC1CCC(/C(F)=C(\F)c2ccc3c(c2)OC(F)(F)O3)CC1. The summed E-state index contributed by atoms with van der Waals surface area (Å²) in [6.45, 7) is 2.12. The summed E-state index contributed by atoms with van der Waals surface area (Å²) in [7, 11) is 0. The van der Waals surface area contributed by atoms with Crippen molar-refractivity contribution < 1.29 is 27.0 Å². The van der Waals surface area contributed by atoms with Gasteiger partial charge in [0.25, 0.3) is 0 Å². The van der Waals surface area contributed by atoms with Crippen molar-refractivity contribution in [2.75, 3.05) is 0 Å². The Hall–Kier alpha value is -1.72. The number of alkyl halides is 2. The minimum atomic E-state index is -3.77. The van der Waals surface area contributed by atoms with E-state index in [0.29, 0.717) is 18.8 Å². The van der Waals surface area contributed by atoms with Crippen LogP contribution in [0.1, 0.15) is 51.0 Å². The van der Waals surface area contributed by atoms with Crippen LogP contribution in [-0.4, -0.2) is 6.29 Å². The third-order valence-corrected chi connectivity index (χ3v) is 4.77. The Morgan fingerprint density at radius 2 is 1.75 bits per heavy atom. The summed E-state index contributed by atoms with van der Waals surface area (Å²) >= 11 is 0. The van der Waals surface area contributed by atoms with Crippen molar-refractivity contribution in [3.8, 4) is 11.5 Å². The molecule has 1 aromatic carbocycles. The van der Waals surface area contributed by atoms with Gasteiger partial charge in [0.15, 0.2) is 17.3 Å². The molecule has 1 fully saturated rings. The average Bonchev–Trinajstić information content (AvgIpc) is 2.87. The quantitative estimate of drug-likeness (QED) is 0.604. The van der Waals surface area contributed by atoms with Gasteiger partial charge >= 0.3 is 6.29 Å². The van der Waals surface area contributed by atoms with Crippen molar-refractivity contribution in [2.45, 2.75) is 51.7 Å². The highest BCUT2D eigenvalue weighted by molar-refractivity contribution is 5.65. The molecule has 0 radical (unpaired) electrons. The van der Waals surface area contributed by atoms with Gasteiger partial charge in [-0.3, -0.25) is 0 Å². The van der Waals surface area contributed by atoms with E-state index >= 15 is 0 Å². The topological polar surface area (TPSA) is 18.5 Å².